The van der Waals surface area contributed by atoms with E-state index in [1.165, 1.54) is 0 Å². The number of hydrazone groups is 1. The lowest BCUT2D eigenvalue weighted by atomic mass is 10.1. The van der Waals surface area contributed by atoms with Crippen molar-refractivity contribution >= 4 is 35.6 Å². The van der Waals surface area contributed by atoms with E-state index in [0.29, 0.717) is 11.3 Å². The third-order valence-electron chi connectivity index (χ3n) is 4.05. The molecule has 0 aromatic heterocycles. The summed E-state index contributed by atoms with van der Waals surface area (Å²) in [6, 6.07) is 15.0. The minimum Gasteiger partial charge on any atom is -0.355 e. The Bertz CT molecular complexity index is 954. The van der Waals surface area contributed by atoms with Gasteiger partial charge in [-0.05, 0) is 29.8 Å². The normalized spacial score (nSPS) is 15.6. The van der Waals surface area contributed by atoms with E-state index in [1.807, 2.05) is 30.3 Å². The molecule has 2 aromatic carbocycles. The molecule has 1 heterocycles. The molecular weight excluding hydrogens is 372 g/mol. The average molecular weight is 392 g/mol. The van der Waals surface area contributed by atoms with Gasteiger partial charge in [0.2, 0.25) is 11.9 Å². The molecule has 148 valence electrons. The van der Waals surface area contributed by atoms with Gasteiger partial charge in [0.25, 0.3) is 11.8 Å². The van der Waals surface area contributed by atoms with Gasteiger partial charge in [0.1, 0.15) is 6.04 Å². The molecule has 1 aliphatic rings. The molecule has 0 saturated carbocycles. The van der Waals surface area contributed by atoms with Crippen molar-refractivity contribution in [2.45, 2.75) is 12.5 Å². The molecule has 0 bridgehead atoms. The zero-order chi connectivity index (χ0) is 20.6. The molecule has 0 fully saturated rings. The van der Waals surface area contributed by atoms with E-state index in [0.717, 1.165) is 5.56 Å². The zero-order valence-electron chi connectivity index (χ0n) is 15.7. The molecule has 0 saturated heterocycles. The quantitative estimate of drug-likeness (QED) is 0.430. The molecule has 29 heavy (non-hydrogen) atoms. The first-order valence-corrected chi connectivity index (χ1v) is 8.90. The van der Waals surface area contributed by atoms with E-state index in [4.69, 9.17) is 0 Å². The number of hydrogen-bond donors (Lipinski definition) is 4. The predicted molar refractivity (Wildman–Crippen MR) is 110 cm³/mol. The Morgan fingerprint density at radius 2 is 1.86 bits per heavy atom. The van der Waals surface area contributed by atoms with Crippen LogP contribution in [0.2, 0.25) is 0 Å². The fraction of sp³-hybridized carbons (Fsp3) is 0.150. The number of amides is 3. The predicted octanol–water partition coefficient (Wildman–Crippen LogP) is 0.853. The van der Waals surface area contributed by atoms with Crippen molar-refractivity contribution in [3.05, 3.63) is 65.7 Å². The van der Waals surface area contributed by atoms with Crippen LogP contribution in [0.4, 0.5) is 5.69 Å². The second kappa shape index (κ2) is 9.27. The molecule has 1 atom stereocenters. The van der Waals surface area contributed by atoms with Gasteiger partial charge in [-0.1, -0.05) is 30.3 Å². The molecule has 3 rings (SSSR count). The highest BCUT2D eigenvalue weighted by atomic mass is 16.2. The Balaban J connectivity index is 1.52. The number of carbonyl (C=O) groups excluding carboxylic acids is 3. The lowest BCUT2D eigenvalue weighted by molar-refractivity contribution is -0.123. The Morgan fingerprint density at radius 1 is 1.14 bits per heavy atom. The van der Waals surface area contributed by atoms with Crippen molar-refractivity contribution in [2.24, 2.45) is 10.1 Å². The fourth-order valence-electron chi connectivity index (χ4n) is 2.59. The summed E-state index contributed by atoms with van der Waals surface area (Å²) in [6.45, 7) is 0. The topological polar surface area (TPSA) is 124 Å². The van der Waals surface area contributed by atoms with Crippen LogP contribution in [0.3, 0.4) is 0 Å². The van der Waals surface area contributed by atoms with Crippen molar-refractivity contribution in [3.63, 3.8) is 0 Å². The van der Waals surface area contributed by atoms with Gasteiger partial charge in [-0.15, -0.1) is 0 Å². The molecule has 3 amide bonds. The van der Waals surface area contributed by atoms with Gasteiger partial charge in [-0.25, -0.2) is 10.4 Å². The summed E-state index contributed by atoms with van der Waals surface area (Å²) in [4.78, 5) is 39.9. The van der Waals surface area contributed by atoms with Crippen molar-refractivity contribution in [3.8, 4) is 0 Å². The average Bonchev–Trinajstić information content (AvgIpc) is 3.07. The van der Waals surface area contributed by atoms with Crippen LogP contribution < -0.4 is 21.4 Å². The summed E-state index contributed by atoms with van der Waals surface area (Å²) in [7, 11) is 1.54. The van der Waals surface area contributed by atoms with Gasteiger partial charge >= 0.3 is 0 Å². The Morgan fingerprint density at radius 3 is 2.55 bits per heavy atom. The Labute approximate surface area is 167 Å². The summed E-state index contributed by atoms with van der Waals surface area (Å²) in [5.41, 5.74) is 4.55. The highest BCUT2D eigenvalue weighted by Crippen LogP contribution is 2.12. The SMILES string of the molecule is CNC(=O)c1ccc(NC(=O)C[C@H]2N=C(N/N=C\c3ccccc3)NC2=O)cc1. The molecule has 4 N–H and O–H groups in total. The number of rotatable bonds is 6. The molecule has 0 unspecified atom stereocenters. The third-order valence-corrected chi connectivity index (χ3v) is 4.05. The first-order chi connectivity index (χ1) is 14.0. The van der Waals surface area contributed by atoms with Gasteiger partial charge in [-0.3, -0.25) is 19.7 Å². The fourth-order valence-corrected chi connectivity index (χ4v) is 2.59. The first-order valence-electron chi connectivity index (χ1n) is 8.90. The molecule has 0 aliphatic carbocycles. The minimum atomic E-state index is -0.838. The summed E-state index contributed by atoms with van der Waals surface area (Å²) in [5.74, 6) is -0.770. The Kier molecular flexibility index (Phi) is 6.31. The number of carbonyl (C=O) groups is 3. The van der Waals surface area contributed by atoms with Crippen molar-refractivity contribution in [2.75, 3.05) is 12.4 Å². The minimum absolute atomic E-state index is 0.114. The number of hydrogen-bond acceptors (Lipinski definition) is 6. The van der Waals surface area contributed by atoms with E-state index in [2.05, 4.69) is 31.5 Å². The standard InChI is InChI=1S/C20H20N6O3/c1-21-18(28)14-7-9-15(10-8-14)23-17(27)11-16-19(29)25-20(24-16)26-22-12-13-5-3-2-4-6-13/h2-10,12,16H,11H2,1H3,(H,21,28)(H,23,27)(H2,24,25,26,29)/b22-12-/t16-/m1/s1. The third kappa shape index (κ3) is 5.48. The maximum absolute atomic E-state index is 12.2. The van der Waals surface area contributed by atoms with Crippen LogP contribution in [-0.2, 0) is 9.59 Å². The zero-order valence-corrected chi connectivity index (χ0v) is 15.7. The number of guanidine groups is 1. The van der Waals surface area contributed by atoms with Crippen LogP contribution in [0, 0.1) is 0 Å². The van der Waals surface area contributed by atoms with Crippen LogP contribution in [0.5, 0.6) is 0 Å². The van der Waals surface area contributed by atoms with E-state index < -0.39 is 6.04 Å². The molecular formula is C20H20N6O3. The van der Waals surface area contributed by atoms with Crippen molar-refractivity contribution in [1.82, 2.24) is 16.1 Å². The highest BCUT2D eigenvalue weighted by Gasteiger charge is 2.28. The van der Waals surface area contributed by atoms with E-state index >= 15 is 0 Å². The second-order valence-electron chi connectivity index (χ2n) is 6.17. The molecule has 0 spiro atoms. The molecule has 9 heteroatoms. The first kappa shape index (κ1) is 19.7. The lowest BCUT2D eigenvalue weighted by Crippen LogP contribution is -2.35. The van der Waals surface area contributed by atoms with E-state index in [-0.39, 0.29) is 30.1 Å². The molecule has 1 aliphatic heterocycles. The maximum Gasteiger partial charge on any atom is 0.252 e. The summed E-state index contributed by atoms with van der Waals surface area (Å²) < 4.78 is 0. The molecule has 9 nitrogen and oxygen atoms in total. The largest absolute Gasteiger partial charge is 0.355 e. The summed E-state index contributed by atoms with van der Waals surface area (Å²) in [5, 5.41) is 11.8. The number of nitrogens with zero attached hydrogens (tertiary/aromatic N) is 2. The van der Waals surface area contributed by atoms with Gasteiger partial charge < -0.3 is 10.6 Å². The van der Waals surface area contributed by atoms with Gasteiger partial charge in [0.15, 0.2) is 0 Å². The van der Waals surface area contributed by atoms with E-state index in [1.54, 1.807) is 37.5 Å². The van der Waals surface area contributed by atoms with Crippen LogP contribution in [0.15, 0.2) is 64.7 Å². The van der Waals surface area contributed by atoms with Crippen LogP contribution in [0.25, 0.3) is 0 Å². The maximum atomic E-state index is 12.2. The lowest BCUT2D eigenvalue weighted by Gasteiger charge is -2.07. The van der Waals surface area contributed by atoms with Crippen LogP contribution in [-0.4, -0.2) is 43.0 Å². The van der Waals surface area contributed by atoms with Crippen LogP contribution >= 0.6 is 0 Å². The number of benzene rings is 2. The number of aliphatic imine (C=N–C) groups is 1. The summed E-state index contributed by atoms with van der Waals surface area (Å²) in [6.07, 6.45) is 1.48. The summed E-state index contributed by atoms with van der Waals surface area (Å²) >= 11 is 0. The van der Waals surface area contributed by atoms with Crippen molar-refractivity contribution < 1.29 is 14.4 Å². The highest BCUT2D eigenvalue weighted by molar-refractivity contribution is 6.07. The number of anilines is 1. The smallest absolute Gasteiger partial charge is 0.252 e. The van der Waals surface area contributed by atoms with Gasteiger partial charge in [-0.2, -0.15) is 5.10 Å². The number of nitrogens with one attached hydrogen (secondary N) is 4. The molecule has 0 radical (unpaired) electrons. The van der Waals surface area contributed by atoms with Gasteiger partial charge in [0, 0.05) is 18.3 Å². The second-order valence-corrected chi connectivity index (χ2v) is 6.17. The van der Waals surface area contributed by atoms with Crippen LogP contribution in [0.1, 0.15) is 22.3 Å². The monoisotopic (exact) mass is 392 g/mol. The molecule has 2 aromatic rings. The Hall–Kier alpha value is -4.01. The van der Waals surface area contributed by atoms with Gasteiger partial charge in [0.05, 0.1) is 12.6 Å². The van der Waals surface area contributed by atoms with E-state index in [9.17, 15) is 14.4 Å². The van der Waals surface area contributed by atoms with Crippen molar-refractivity contribution in [1.29, 1.82) is 0 Å².